The Morgan fingerprint density at radius 2 is 1.62 bits per heavy atom. The predicted molar refractivity (Wildman–Crippen MR) is 47.5 cm³/mol. The summed E-state index contributed by atoms with van der Waals surface area (Å²) in [5.74, 6) is 0. The van der Waals surface area contributed by atoms with Crippen molar-refractivity contribution in [2.45, 2.75) is 31.3 Å². The predicted octanol–water partition coefficient (Wildman–Crippen LogP) is -3.22. The van der Waals surface area contributed by atoms with E-state index in [1.165, 1.54) is 6.92 Å². The van der Waals surface area contributed by atoms with Crippen molar-refractivity contribution in [3.8, 4) is 0 Å². The van der Waals surface area contributed by atoms with E-state index < -0.39 is 31.0 Å². The first kappa shape index (κ1) is 13.2. The fraction of sp³-hybridized carbons (Fsp3) is 0.857. The molecule has 0 spiro atoms. The molecule has 13 heavy (non-hydrogen) atoms. The Morgan fingerprint density at radius 1 is 1.15 bits per heavy atom. The third kappa shape index (κ3) is 3.83. The van der Waals surface area contributed by atoms with E-state index in [4.69, 9.17) is 15.3 Å². The van der Waals surface area contributed by atoms with Crippen LogP contribution in [0, 0.1) is 0 Å². The molecular weight excluding hydrogens is 243 g/mol. The van der Waals surface area contributed by atoms with E-state index >= 15 is 0 Å². The first-order chi connectivity index (χ1) is 5.91. The molecule has 0 aliphatic heterocycles. The molecule has 6 heteroatoms. The van der Waals surface area contributed by atoms with Crippen LogP contribution in [0.15, 0.2) is 0 Å². The second-order valence-corrected chi connectivity index (χ2v) is 4.14. The zero-order chi connectivity index (χ0) is 10.6. The van der Waals surface area contributed by atoms with Crippen LogP contribution in [0.25, 0.3) is 0 Å². The third-order valence-electron chi connectivity index (χ3n) is 1.67. The van der Waals surface area contributed by atoms with Gasteiger partial charge in [-0.3, -0.25) is 0 Å². The van der Waals surface area contributed by atoms with Gasteiger partial charge in [0.2, 0.25) is 0 Å². The van der Waals surface area contributed by atoms with Crippen molar-refractivity contribution in [2.75, 3.05) is 6.61 Å². The van der Waals surface area contributed by atoms with Crippen LogP contribution >= 0.6 is 0 Å². The van der Waals surface area contributed by atoms with Gasteiger partial charge in [0.1, 0.15) is 0 Å². The second kappa shape index (κ2) is 5.82. The van der Waals surface area contributed by atoms with Crippen molar-refractivity contribution in [2.24, 2.45) is 0 Å². The SMILES string of the molecule is CC(=[Se])C(O)C(O)C(O)C(O)CO. The third-order valence-corrected chi connectivity index (χ3v) is 2.18. The Morgan fingerprint density at radius 3 is 1.92 bits per heavy atom. The summed E-state index contributed by atoms with van der Waals surface area (Å²) in [6, 6.07) is 0. The molecule has 0 aromatic heterocycles. The van der Waals surface area contributed by atoms with E-state index in [-0.39, 0.29) is 0 Å². The van der Waals surface area contributed by atoms with E-state index in [1.807, 2.05) is 0 Å². The van der Waals surface area contributed by atoms with Gasteiger partial charge in [0.15, 0.2) is 0 Å². The number of rotatable bonds is 5. The summed E-state index contributed by atoms with van der Waals surface area (Å²) in [5, 5.41) is 45.0. The summed E-state index contributed by atoms with van der Waals surface area (Å²) in [5.41, 5.74) is 0. The molecule has 5 N–H and O–H groups in total. The summed E-state index contributed by atoms with van der Waals surface area (Å²) in [6.45, 7) is 0.864. The molecule has 4 unspecified atom stereocenters. The minimum atomic E-state index is -1.57. The van der Waals surface area contributed by atoms with Crippen molar-refractivity contribution in [1.29, 1.82) is 0 Å². The van der Waals surface area contributed by atoms with E-state index in [0.717, 1.165) is 0 Å². The Balaban J connectivity index is 4.24. The summed E-state index contributed by atoms with van der Waals surface area (Å²) in [6.07, 6.45) is -5.79. The van der Waals surface area contributed by atoms with Crippen molar-refractivity contribution >= 4 is 20.0 Å². The average molecular weight is 257 g/mol. The van der Waals surface area contributed by atoms with Crippen molar-refractivity contribution < 1.29 is 25.5 Å². The molecule has 0 aliphatic carbocycles. The van der Waals surface area contributed by atoms with Crippen LogP contribution in [0.4, 0.5) is 0 Å². The Bertz CT molecular complexity index is 174. The van der Waals surface area contributed by atoms with Crippen LogP contribution in [0.1, 0.15) is 6.92 Å². The van der Waals surface area contributed by atoms with Crippen LogP contribution in [-0.2, 0) is 0 Å². The van der Waals surface area contributed by atoms with Crippen LogP contribution in [0.3, 0.4) is 0 Å². The molecule has 0 aromatic carbocycles. The van der Waals surface area contributed by atoms with Crippen LogP contribution in [-0.4, -0.2) is 76.5 Å². The second-order valence-electron chi connectivity index (χ2n) is 2.79. The van der Waals surface area contributed by atoms with Gasteiger partial charge in [-0.05, 0) is 0 Å². The maximum atomic E-state index is 9.25. The average Bonchev–Trinajstić information content (AvgIpc) is 2.12. The minimum absolute atomic E-state index is 0.400. The summed E-state index contributed by atoms with van der Waals surface area (Å²) in [7, 11) is 0. The first-order valence-corrected chi connectivity index (χ1v) is 4.61. The summed E-state index contributed by atoms with van der Waals surface area (Å²) >= 11 is 2.48. The van der Waals surface area contributed by atoms with E-state index in [1.54, 1.807) is 0 Å². The van der Waals surface area contributed by atoms with Gasteiger partial charge in [0, 0.05) is 0 Å². The number of aliphatic hydroxyl groups excluding tert-OH is 5. The zero-order valence-electron chi connectivity index (χ0n) is 7.16. The van der Waals surface area contributed by atoms with Crippen molar-refractivity contribution in [1.82, 2.24) is 0 Å². The molecule has 0 saturated heterocycles. The quantitative estimate of drug-likeness (QED) is 0.334. The topological polar surface area (TPSA) is 101 Å². The fourth-order valence-corrected chi connectivity index (χ4v) is 1.06. The molecule has 5 nitrogen and oxygen atoms in total. The molecule has 0 rings (SSSR count). The van der Waals surface area contributed by atoms with Crippen LogP contribution < -0.4 is 0 Å². The van der Waals surface area contributed by atoms with Crippen molar-refractivity contribution in [3.05, 3.63) is 0 Å². The molecule has 0 saturated carbocycles. The molecular formula is C7H14O5Se. The first-order valence-electron chi connectivity index (χ1n) is 3.75. The van der Waals surface area contributed by atoms with Gasteiger partial charge in [0.05, 0.1) is 0 Å². The monoisotopic (exact) mass is 258 g/mol. The summed E-state index contributed by atoms with van der Waals surface area (Å²) in [4.78, 5) is 0. The zero-order valence-corrected chi connectivity index (χ0v) is 8.87. The molecule has 0 aliphatic rings. The van der Waals surface area contributed by atoms with Crippen LogP contribution in [0.5, 0.6) is 0 Å². The number of aliphatic hydroxyl groups is 5. The number of hydrogen-bond donors (Lipinski definition) is 5. The molecule has 0 heterocycles. The Labute approximate surface area is 84.0 Å². The van der Waals surface area contributed by atoms with Gasteiger partial charge in [-0.25, -0.2) is 0 Å². The van der Waals surface area contributed by atoms with Crippen molar-refractivity contribution in [3.63, 3.8) is 0 Å². The Hall–Kier alpha value is 0.189. The maximum absolute atomic E-state index is 9.25. The molecule has 4 atom stereocenters. The van der Waals surface area contributed by atoms with Gasteiger partial charge in [-0.1, -0.05) is 0 Å². The molecule has 0 bridgehead atoms. The standard InChI is InChI=1S/C7H14O5Se/c1-3(13)5(10)7(12)6(11)4(9)2-8/h4-12H,2H2,1H3. The van der Waals surface area contributed by atoms with Gasteiger partial charge in [-0.15, -0.1) is 0 Å². The van der Waals surface area contributed by atoms with Gasteiger partial charge in [0.25, 0.3) is 0 Å². The van der Waals surface area contributed by atoms with Gasteiger partial charge < -0.3 is 0 Å². The van der Waals surface area contributed by atoms with E-state index in [0.29, 0.717) is 4.42 Å². The normalized spacial score (nSPS) is 20.5. The molecule has 78 valence electrons. The van der Waals surface area contributed by atoms with Crippen LogP contribution in [0.2, 0.25) is 0 Å². The van der Waals surface area contributed by atoms with E-state index in [2.05, 4.69) is 15.6 Å². The number of hydrogen-bond acceptors (Lipinski definition) is 5. The Kier molecular flexibility index (Phi) is 5.91. The van der Waals surface area contributed by atoms with Gasteiger partial charge in [-0.2, -0.15) is 0 Å². The molecule has 0 fully saturated rings. The fourth-order valence-electron chi connectivity index (χ4n) is 0.763. The van der Waals surface area contributed by atoms with Gasteiger partial charge >= 0.3 is 83.5 Å². The van der Waals surface area contributed by atoms with E-state index in [9.17, 15) is 10.2 Å². The molecule has 0 aromatic rings. The molecule has 0 radical (unpaired) electrons. The molecule has 0 amide bonds. The summed E-state index contributed by atoms with van der Waals surface area (Å²) < 4.78 is 0.400.